The number of H-pyrrole nitrogens is 1. The van der Waals surface area contributed by atoms with Gasteiger partial charge in [0.2, 0.25) is 0 Å². The molecule has 1 aromatic heterocycles. The number of nitrogens with zero attached hydrogens (tertiary/aromatic N) is 2. The van der Waals surface area contributed by atoms with E-state index in [0.717, 1.165) is 42.4 Å². The van der Waals surface area contributed by atoms with E-state index >= 15 is 0 Å². The minimum absolute atomic E-state index is 0.148. The number of fused-ring (bicyclic) bond motifs is 1. The number of methoxy groups -OCH3 is 1. The summed E-state index contributed by atoms with van der Waals surface area (Å²) in [6.45, 7) is 4.68. The van der Waals surface area contributed by atoms with Gasteiger partial charge in [-0.3, -0.25) is 10.00 Å². The van der Waals surface area contributed by atoms with Gasteiger partial charge >= 0.3 is 0 Å². The molecule has 26 heavy (non-hydrogen) atoms. The van der Waals surface area contributed by atoms with Gasteiger partial charge in [-0.15, -0.1) is 0 Å². The van der Waals surface area contributed by atoms with E-state index in [9.17, 15) is 0 Å². The van der Waals surface area contributed by atoms with Crippen molar-refractivity contribution in [2.75, 3.05) is 13.7 Å². The Bertz CT molecular complexity index is 873. The van der Waals surface area contributed by atoms with Crippen molar-refractivity contribution in [2.24, 2.45) is 0 Å². The summed E-state index contributed by atoms with van der Waals surface area (Å²) in [4.78, 5) is 2.41. The van der Waals surface area contributed by atoms with Gasteiger partial charge in [-0.2, -0.15) is 5.10 Å². The number of aromatic amines is 1. The van der Waals surface area contributed by atoms with Crippen molar-refractivity contribution in [3.8, 4) is 22.8 Å². The van der Waals surface area contributed by atoms with Gasteiger partial charge in [0.15, 0.2) is 0 Å². The second kappa shape index (κ2) is 7.22. The predicted octanol–water partition coefficient (Wildman–Crippen LogP) is 3.87. The molecule has 1 unspecified atom stereocenters. The summed E-state index contributed by atoms with van der Waals surface area (Å²) in [5.41, 5.74) is 4.57. The SMILES string of the molecule is COc1ccc(-c2[nH]ncc2CN2Cc3ccccc3OC(C)C2)cc1. The molecule has 0 aliphatic carbocycles. The Morgan fingerprint density at radius 1 is 1.19 bits per heavy atom. The van der Waals surface area contributed by atoms with Crippen molar-refractivity contribution in [3.05, 3.63) is 65.9 Å². The maximum Gasteiger partial charge on any atom is 0.124 e. The van der Waals surface area contributed by atoms with Gasteiger partial charge in [0.25, 0.3) is 0 Å². The summed E-state index contributed by atoms with van der Waals surface area (Å²) in [5.74, 6) is 1.84. The zero-order valence-corrected chi connectivity index (χ0v) is 15.1. The number of ether oxygens (including phenoxy) is 2. The molecule has 0 saturated carbocycles. The number of hydrogen-bond donors (Lipinski definition) is 1. The van der Waals surface area contributed by atoms with Crippen molar-refractivity contribution < 1.29 is 9.47 Å². The van der Waals surface area contributed by atoms with Crippen LogP contribution in [0.2, 0.25) is 0 Å². The molecule has 5 nitrogen and oxygen atoms in total. The van der Waals surface area contributed by atoms with Crippen LogP contribution < -0.4 is 9.47 Å². The molecule has 0 fully saturated rings. The Balaban J connectivity index is 1.57. The van der Waals surface area contributed by atoms with E-state index in [-0.39, 0.29) is 6.10 Å². The van der Waals surface area contributed by atoms with E-state index in [4.69, 9.17) is 9.47 Å². The van der Waals surface area contributed by atoms with Crippen molar-refractivity contribution >= 4 is 0 Å². The zero-order chi connectivity index (χ0) is 17.9. The summed E-state index contributed by atoms with van der Waals surface area (Å²) >= 11 is 0. The quantitative estimate of drug-likeness (QED) is 0.777. The molecule has 0 amide bonds. The molecule has 2 heterocycles. The molecule has 1 aliphatic heterocycles. The van der Waals surface area contributed by atoms with Crippen LogP contribution >= 0.6 is 0 Å². The van der Waals surface area contributed by atoms with Crippen molar-refractivity contribution in [1.82, 2.24) is 15.1 Å². The van der Waals surface area contributed by atoms with E-state index in [1.54, 1.807) is 7.11 Å². The average Bonchev–Trinajstić information content (AvgIpc) is 3.04. The number of aromatic nitrogens is 2. The Labute approximate surface area is 153 Å². The number of nitrogens with one attached hydrogen (secondary N) is 1. The first-order valence-electron chi connectivity index (χ1n) is 8.86. The van der Waals surface area contributed by atoms with Gasteiger partial charge in [-0.05, 0) is 37.3 Å². The van der Waals surface area contributed by atoms with Crippen LogP contribution in [0.25, 0.3) is 11.3 Å². The number of hydrogen-bond acceptors (Lipinski definition) is 4. The van der Waals surface area contributed by atoms with Crippen LogP contribution in [0.4, 0.5) is 0 Å². The molecule has 1 aliphatic rings. The molecule has 2 aromatic carbocycles. The second-order valence-electron chi connectivity index (χ2n) is 6.70. The number of para-hydroxylation sites is 1. The summed E-state index contributed by atoms with van der Waals surface area (Å²) in [6.07, 6.45) is 2.07. The monoisotopic (exact) mass is 349 g/mol. The van der Waals surface area contributed by atoms with Crippen LogP contribution in [0.5, 0.6) is 11.5 Å². The maximum atomic E-state index is 6.07. The zero-order valence-electron chi connectivity index (χ0n) is 15.1. The van der Waals surface area contributed by atoms with Gasteiger partial charge in [0, 0.05) is 36.3 Å². The molecule has 5 heteroatoms. The summed E-state index contributed by atoms with van der Waals surface area (Å²) in [5, 5.41) is 7.43. The third-order valence-electron chi connectivity index (χ3n) is 4.70. The van der Waals surface area contributed by atoms with Crippen LogP contribution in [-0.2, 0) is 13.1 Å². The molecule has 1 atom stereocenters. The first-order valence-corrected chi connectivity index (χ1v) is 8.86. The van der Waals surface area contributed by atoms with Gasteiger partial charge in [-0.1, -0.05) is 18.2 Å². The van der Waals surface area contributed by atoms with Crippen molar-refractivity contribution in [1.29, 1.82) is 0 Å². The minimum atomic E-state index is 0.148. The van der Waals surface area contributed by atoms with Crippen LogP contribution in [0.15, 0.2) is 54.7 Å². The normalized spacial score (nSPS) is 17.2. The highest BCUT2D eigenvalue weighted by Gasteiger charge is 2.21. The molecule has 0 saturated heterocycles. The highest BCUT2D eigenvalue weighted by Crippen LogP contribution is 2.28. The standard InChI is InChI=1S/C21H23N3O2/c1-15-12-24(13-17-5-3-4-6-20(17)26-15)14-18-11-22-23-21(18)16-7-9-19(25-2)10-8-16/h3-11,15H,12-14H2,1-2H3,(H,22,23). The lowest BCUT2D eigenvalue weighted by Gasteiger charge is -2.21. The lowest BCUT2D eigenvalue weighted by molar-refractivity contribution is 0.156. The van der Waals surface area contributed by atoms with Crippen molar-refractivity contribution in [2.45, 2.75) is 26.1 Å². The molecule has 0 radical (unpaired) electrons. The first-order chi connectivity index (χ1) is 12.7. The highest BCUT2D eigenvalue weighted by atomic mass is 16.5. The van der Waals surface area contributed by atoms with E-state index in [2.05, 4.69) is 52.4 Å². The molecule has 0 bridgehead atoms. The molecular weight excluding hydrogens is 326 g/mol. The molecule has 0 spiro atoms. The lowest BCUT2D eigenvalue weighted by atomic mass is 10.1. The fourth-order valence-corrected chi connectivity index (χ4v) is 3.47. The largest absolute Gasteiger partial charge is 0.497 e. The molecule has 4 rings (SSSR count). The molecular formula is C21H23N3O2. The minimum Gasteiger partial charge on any atom is -0.497 e. The van der Waals surface area contributed by atoms with E-state index in [0.29, 0.717) is 0 Å². The molecule has 1 N–H and O–H groups in total. The van der Waals surface area contributed by atoms with Gasteiger partial charge in [0.05, 0.1) is 19.0 Å². The third kappa shape index (κ3) is 3.44. The predicted molar refractivity (Wildman–Crippen MR) is 101 cm³/mol. The van der Waals surface area contributed by atoms with Crippen LogP contribution in [0, 0.1) is 0 Å². The Morgan fingerprint density at radius 3 is 2.81 bits per heavy atom. The van der Waals surface area contributed by atoms with Gasteiger partial charge in [-0.25, -0.2) is 0 Å². The summed E-state index contributed by atoms with van der Waals surface area (Å²) in [6, 6.07) is 16.3. The van der Waals surface area contributed by atoms with Crippen molar-refractivity contribution in [3.63, 3.8) is 0 Å². The van der Waals surface area contributed by atoms with Gasteiger partial charge < -0.3 is 9.47 Å². The van der Waals surface area contributed by atoms with Gasteiger partial charge in [0.1, 0.15) is 17.6 Å². The Kier molecular flexibility index (Phi) is 4.63. The maximum absolute atomic E-state index is 6.07. The highest BCUT2D eigenvalue weighted by molar-refractivity contribution is 5.63. The smallest absolute Gasteiger partial charge is 0.124 e. The van der Waals surface area contributed by atoms with Crippen LogP contribution in [0.3, 0.4) is 0 Å². The number of benzene rings is 2. The summed E-state index contributed by atoms with van der Waals surface area (Å²) < 4.78 is 11.3. The van der Waals surface area contributed by atoms with Crippen LogP contribution in [-0.4, -0.2) is 34.9 Å². The van der Waals surface area contributed by atoms with E-state index in [1.807, 2.05) is 24.4 Å². The fraction of sp³-hybridized carbons (Fsp3) is 0.286. The Hall–Kier alpha value is -2.79. The first kappa shape index (κ1) is 16.7. The topological polar surface area (TPSA) is 50.4 Å². The Morgan fingerprint density at radius 2 is 2.00 bits per heavy atom. The lowest BCUT2D eigenvalue weighted by Crippen LogP contribution is -2.30. The molecule has 3 aromatic rings. The fourth-order valence-electron chi connectivity index (χ4n) is 3.47. The summed E-state index contributed by atoms with van der Waals surface area (Å²) in [7, 11) is 1.68. The second-order valence-corrected chi connectivity index (χ2v) is 6.70. The van der Waals surface area contributed by atoms with E-state index in [1.165, 1.54) is 11.1 Å². The average molecular weight is 349 g/mol. The van der Waals surface area contributed by atoms with E-state index < -0.39 is 0 Å². The number of rotatable bonds is 4. The third-order valence-corrected chi connectivity index (χ3v) is 4.70. The van der Waals surface area contributed by atoms with Crippen LogP contribution in [0.1, 0.15) is 18.1 Å². The molecule has 134 valence electrons.